The quantitative estimate of drug-likeness (QED) is 0.109. The molecule has 11 nitrogen and oxygen atoms in total. The highest BCUT2D eigenvalue weighted by Crippen LogP contribution is 2.49. The second-order valence-electron chi connectivity index (χ2n) is 19.1. The normalized spacial score (nSPS) is 15.1. The predicted octanol–water partition coefficient (Wildman–Crippen LogP) is 13.9. The SMILES string of the molecule is CCN(CC)c1ccc2c(c1)Nc1cc(N(C)C)ccc1S2.CCN(CC)c1ccc2c(c1)Nc1cc(N3CCN(C)CC3)ccc1S2.CCN(CC)c1ccc2c(c1)Nc1cc(N3CCOCC3)ccc1S2. The van der Waals surface area contributed by atoms with Gasteiger partial charge in [0.25, 0.3) is 0 Å². The molecule has 5 aliphatic rings. The zero-order valence-electron chi connectivity index (χ0n) is 44.6. The fourth-order valence-corrected chi connectivity index (χ4v) is 12.8. The van der Waals surface area contributed by atoms with Gasteiger partial charge in [-0.15, -0.1) is 0 Å². The van der Waals surface area contributed by atoms with Crippen LogP contribution in [0.1, 0.15) is 41.5 Å². The van der Waals surface area contributed by atoms with Gasteiger partial charge in [-0.3, -0.25) is 0 Å². The molecule has 3 N–H and O–H groups in total. The molecule has 14 heteroatoms. The number of ether oxygens (including phenoxy) is 1. The third-order valence-corrected chi connectivity index (χ3v) is 17.8. The van der Waals surface area contributed by atoms with Crippen LogP contribution in [0, 0.1) is 0 Å². The van der Waals surface area contributed by atoms with Gasteiger partial charge in [0.2, 0.25) is 0 Å². The number of hydrogen-bond acceptors (Lipinski definition) is 14. The fourth-order valence-electron chi connectivity index (χ4n) is 9.93. The molecule has 0 saturated carbocycles. The van der Waals surface area contributed by atoms with Crippen LogP contribution >= 0.6 is 35.3 Å². The molecule has 0 unspecified atom stereocenters. The maximum absolute atomic E-state index is 5.47. The van der Waals surface area contributed by atoms with Crippen LogP contribution in [0.2, 0.25) is 0 Å². The maximum atomic E-state index is 5.47. The highest BCUT2D eigenvalue weighted by atomic mass is 32.2. The maximum Gasteiger partial charge on any atom is 0.0642 e. The number of nitrogens with zero attached hydrogens (tertiary/aromatic N) is 7. The molecule has 0 aromatic heterocycles. The van der Waals surface area contributed by atoms with Crippen LogP contribution in [0.25, 0.3) is 0 Å². The summed E-state index contributed by atoms with van der Waals surface area (Å²) in [6.07, 6.45) is 0. The van der Waals surface area contributed by atoms with E-state index in [2.05, 4.69) is 222 Å². The van der Waals surface area contributed by atoms with Crippen LogP contribution in [-0.4, -0.2) is 118 Å². The molecule has 2 fully saturated rings. The first-order valence-corrected chi connectivity index (χ1v) is 28.9. The van der Waals surface area contributed by atoms with Crippen molar-refractivity contribution in [1.29, 1.82) is 0 Å². The average molecular weight is 1040 g/mol. The van der Waals surface area contributed by atoms with Crippen molar-refractivity contribution in [1.82, 2.24) is 4.90 Å². The van der Waals surface area contributed by atoms with Gasteiger partial charge in [0.05, 0.1) is 47.3 Å². The Labute approximate surface area is 449 Å². The van der Waals surface area contributed by atoms with Crippen LogP contribution in [-0.2, 0) is 4.74 Å². The molecule has 0 atom stereocenters. The largest absolute Gasteiger partial charge is 0.378 e. The van der Waals surface area contributed by atoms with Gasteiger partial charge in [-0.25, -0.2) is 0 Å². The molecule has 0 spiro atoms. The Bertz CT molecular complexity index is 2820. The van der Waals surface area contributed by atoms with Crippen LogP contribution in [0.4, 0.5) is 68.2 Å². The van der Waals surface area contributed by atoms with Gasteiger partial charge in [-0.05, 0) is 158 Å². The van der Waals surface area contributed by atoms with Gasteiger partial charge in [0.15, 0.2) is 0 Å². The van der Waals surface area contributed by atoms with Gasteiger partial charge < -0.3 is 55.0 Å². The van der Waals surface area contributed by atoms with Crippen molar-refractivity contribution in [2.45, 2.75) is 70.9 Å². The number of morpholine rings is 1. The summed E-state index contributed by atoms with van der Waals surface area (Å²) in [6, 6.07) is 40.4. The van der Waals surface area contributed by atoms with E-state index in [1.807, 2.05) is 35.3 Å². The Morgan fingerprint density at radius 2 is 0.699 bits per heavy atom. The number of likely N-dealkylation sites (N-methyl/N-ethyl adjacent to an activating group) is 1. The summed E-state index contributed by atoms with van der Waals surface area (Å²) in [5.41, 5.74) is 15.0. The molecular formula is C59H76N10OS3. The second-order valence-corrected chi connectivity index (χ2v) is 22.3. The minimum Gasteiger partial charge on any atom is -0.378 e. The molecule has 0 radical (unpaired) electrons. The zero-order valence-corrected chi connectivity index (χ0v) is 47.0. The minimum atomic E-state index is 0.815. The average Bonchev–Trinajstić information content (AvgIpc) is 3.42. The summed E-state index contributed by atoms with van der Waals surface area (Å²) in [5, 5.41) is 11.0. The van der Waals surface area contributed by atoms with Gasteiger partial charge >= 0.3 is 0 Å². The Morgan fingerprint density at radius 1 is 0.397 bits per heavy atom. The van der Waals surface area contributed by atoms with Gasteiger partial charge in [0.1, 0.15) is 0 Å². The third kappa shape index (κ3) is 12.2. The Balaban J connectivity index is 0.000000135. The Morgan fingerprint density at radius 3 is 1.04 bits per heavy atom. The highest BCUT2D eigenvalue weighted by Gasteiger charge is 2.23. The number of piperazine rings is 1. The van der Waals surface area contributed by atoms with E-state index in [-0.39, 0.29) is 0 Å². The molecule has 0 aliphatic carbocycles. The summed E-state index contributed by atoms with van der Waals surface area (Å²) in [7, 11) is 6.35. The first-order valence-electron chi connectivity index (χ1n) is 26.5. The molecule has 5 aliphatic heterocycles. The lowest BCUT2D eigenvalue weighted by Gasteiger charge is -2.34. The first-order chi connectivity index (χ1) is 35.6. The second kappa shape index (κ2) is 24.2. The monoisotopic (exact) mass is 1040 g/mol. The van der Waals surface area contributed by atoms with Crippen LogP contribution in [0.15, 0.2) is 139 Å². The molecule has 6 aromatic rings. The van der Waals surface area contributed by atoms with Gasteiger partial charge in [0, 0.05) is 156 Å². The van der Waals surface area contributed by atoms with Crippen molar-refractivity contribution >= 4 is 104 Å². The molecule has 73 heavy (non-hydrogen) atoms. The van der Waals surface area contributed by atoms with Crippen molar-refractivity contribution in [2.24, 2.45) is 0 Å². The van der Waals surface area contributed by atoms with E-state index in [4.69, 9.17) is 4.74 Å². The van der Waals surface area contributed by atoms with Gasteiger partial charge in [-0.2, -0.15) is 0 Å². The number of hydrogen-bond donors (Lipinski definition) is 3. The molecule has 5 heterocycles. The molecule has 2 saturated heterocycles. The minimum absolute atomic E-state index is 0.815. The Kier molecular flexibility index (Phi) is 17.4. The number of nitrogens with one attached hydrogen (secondary N) is 3. The molecule has 0 bridgehead atoms. The van der Waals surface area contributed by atoms with Crippen LogP contribution in [0.3, 0.4) is 0 Å². The van der Waals surface area contributed by atoms with Crippen molar-refractivity contribution in [3.8, 4) is 0 Å². The Hall–Kier alpha value is -5.51. The zero-order chi connectivity index (χ0) is 51.0. The van der Waals surface area contributed by atoms with Crippen LogP contribution < -0.4 is 45.3 Å². The topological polar surface area (TPSA) is 68.0 Å². The number of rotatable bonds is 12. The highest BCUT2D eigenvalue weighted by molar-refractivity contribution is 8.00. The lowest BCUT2D eigenvalue weighted by atomic mass is 10.2. The number of anilines is 12. The van der Waals surface area contributed by atoms with E-state index in [1.165, 1.54) is 97.6 Å². The van der Waals surface area contributed by atoms with E-state index in [0.29, 0.717) is 0 Å². The lowest BCUT2D eigenvalue weighted by molar-refractivity contribution is 0.122. The summed E-state index contributed by atoms with van der Waals surface area (Å²) < 4.78 is 5.47. The number of benzene rings is 6. The van der Waals surface area contributed by atoms with Gasteiger partial charge in [-0.1, -0.05) is 35.3 Å². The van der Waals surface area contributed by atoms with Crippen molar-refractivity contribution in [3.63, 3.8) is 0 Å². The molecule has 6 aromatic carbocycles. The summed E-state index contributed by atoms with van der Waals surface area (Å²) in [4.78, 5) is 24.4. The fraction of sp³-hybridized carbons (Fsp3) is 0.390. The van der Waals surface area contributed by atoms with E-state index < -0.39 is 0 Å². The van der Waals surface area contributed by atoms with E-state index >= 15 is 0 Å². The van der Waals surface area contributed by atoms with E-state index in [1.54, 1.807) is 0 Å². The summed E-state index contributed by atoms with van der Waals surface area (Å²) in [6.45, 7) is 27.4. The molecular weight excluding hydrogens is 961 g/mol. The van der Waals surface area contributed by atoms with Crippen molar-refractivity contribution in [2.75, 3.05) is 158 Å². The first kappa shape index (κ1) is 52.4. The standard InChI is InChI=1S/C21H28N4S.C20H25N3OS.C18H23N3S/c1-4-24(5-2)16-6-8-20-18(14-16)22-19-15-17(7-9-21(19)26-20)25-12-10-23(3)11-13-25;1-3-22(4-2)15-5-7-19-17(13-15)21-18-14-16(6-8-20(18)25-19)23-9-11-24-12-10-23;1-5-21(6-2)14-8-10-18-16(12-14)19-15-11-13(20(3)4)7-9-17(15)22-18/h6-9,14-15,22H,4-5,10-13H2,1-3H3;5-8,13-14,21H,3-4,9-12H2,1-2H3;7-12,19H,5-6H2,1-4H3. The number of fused-ring (bicyclic) bond motifs is 6. The lowest BCUT2D eigenvalue weighted by Crippen LogP contribution is -2.44. The smallest absolute Gasteiger partial charge is 0.0642 e. The predicted molar refractivity (Wildman–Crippen MR) is 319 cm³/mol. The molecule has 11 rings (SSSR count). The van der Waals surface area contributed by atoms with E-state index in [0.717, 1.165) is 91.8 Å². The summed E-state index contributed by atoms with van der Waals surface area (Å²) >= 11 is 5.55. The molecule has 386 valence electrons. The van der Waals surface area contributed by atoms with Crippen LogP contribution in [0.5, 0.6) is 0 Å². The third-order valence-electron chi connectivity index (χ3n) is 14.4. The van der Waals surface area contributed by atoms with E-state index in [9.17, 15) is 0 Å². The van der Waals surface area contributed by atoms with Crippen molar-refractivity contribution < 1.29 is 4.74 Å². The summed E-state index contributed by atoms with van der Waals surface area (Å²) in [5.74, 6) is 0. The molecule has 0 amide bonds. The van der Waals surface area contributed by atoms with Crippen molar-refractivity contribution in [3.05, 3.63) is 109 Å².